The van der Waals surface area contributed by atoms with E-state index in [9.17, 15) is 9.59 Å². The lowest BCUT2D eigenvalue weighted by Gasteiger charge is -2.15. The topological polar surface area (TPSA) is 102 Å². The zero-order valence-corrected chi connectivity index (χ0v) is 15.3. The number of rotatable bonds is 9. The Bertz CT molecular complexity index is 712. The van der Waals surface area contributed by atoms with E-state index >= 15 is 0 Å². The standard InChI is InChI=1S/C19H27N5O2/c1-14(2)18(20)19(26)23-12-17(25)22-9-8-16-21-10-11-24(16)13-15-6-4-3-5-7-15/h3-7,10-11,14,18H,8-9,12-13,20H2,1-2H3,(H,22,25)(H,23,26)/t18-/m0/s1. The first-order chi connectivity index (χ1) is 12.5. The van der Waals surface area contributed by atoms with Crippen molar-refractivity contribution in [2.45, 2.75) is 32.9 Å². The molecule has 0 fully saturated rings. The lowest BCUT2D eigenvalue weighted by atomic mass is 10.1. The normalized spacial score (nSPS) is 12.0. The number of amides is 2. The van der Waals surface area contributed by atoms with Crippen molar-refractivity contribution in [1.29, 1.82) is 0 Å². The van der Waals surface area contributed by atoms with Gasteiger partial charge in [0.2, 0.25) is 11.8 Å². The molecule has 1 heterocycles. The van der Waals surface area contributed by atoms with Crippen LogP contribution in [0.4, 0.5) is 0 Å². The maximum absolute atomic E-state index is 11.9. The SMILES string of the molecule is CC(C)[C@H](N)C(=O)NCC(=O)NCCc1nccn1Cc1ccccc1. The molecular formula is C19H27N5O2. The van der Waals surface area contributed by atoms with Gasteiger partial charge in [-0.05, 0) is 11.5 Å². The molecule has 4 N–H and O–H groups in total. The van der Waals surface area contributed by atoms with Crippen molar-refractivity contribution < 1.29 is 9.59 Å². The number of carbonyl (C=O) groups excluding carboxylic acids is 2. The number of nitrogens with zero attached hydrogens (tertiary/aromatic N) is 2. The summed E-state index contributed by atoms with van der Waals surface area (Å²) in [6.45, 7) is 4.85. The number of nitrogens with two attached hydrogens (primary N) is 1. The summed E-state index contributed by atoms with van der Waals surface area (Å²) >= 11 is 0. The third-order valence-electron chi connectivity index (χ3n) is 4.11. The largest absolute Gasteiger partial charge is 0.354 e. The summed E-state index contributed by atoms with van der Waals surface area (Å²) in [6.07, 6.45) is 4.30. The van der Waals surface area contributed by atoms with Crippen molar-refractivity contribution in [2.24, 2.45) is 11.7 Å². The Morgan fingerprint density at radius 1 is 1.19 bits per heavy atom. The van der Waals surface area contributed by atoms with Gasteiger partial charge in [-0.1, -0.05) is 44.2 Å². The molecule has 26 heavy (non-hydrogen) atoms. The molecule has 2 rings (SSSR count). The van der Waals surface area contributed by atoms with Crippen molar-refractivity contribution in [3.05, 3.63) is 54.1 Å². The highest BCUT2D eigenvalue weighted by Crippen LogP contribution is 2.05. The Hall–Kier alpha value is -2.67. The van der Waals surface area contributed by atoms with Crippen LogP contribution in [0.1, 0.15) is 25.2 Å². The third kappa shape index (κ3) is 6.00. The molecule has 0 aliphatic carbocycles. The van der Waals surface area contributed by atoms with E-state index in [1.54, 1.807) is 6.20 Å². The summed E-state index contributed by atoms with van der Waals surface area (Å²) in [5.74, 6) is 0.380. The number of imidazole rings is 1. The maximum Gasteiger partial charge on any atom is 0.239 e. The molecule has 1 aromatic carbocycles. The second-order valence-electron chi connectivity index (χ2n) is 6.54. The van der Waals surface area contributed by atoms with Crippen LogP contribution in [0.2, 0.25) is 0 Å². The molecule has 2 aromatic rings. The number of benzene rings is 1. The van der Waals surface area contributed by atoms with Crippen molar-refractivity contribution in [3.8, 4) is 0 Å². The van der Waals surface area contributed by atoms with Crippen LogP contribution in [-0.4, -0.2) is 40.5 Å². The molecule has 0 bridgehead atoms. The molecule has 7 nitrogen and oxygen atoms in total. The smallest absolute Gasteiger partial charge is 0.239 e. The number of hydrogen-bond acceptors (Lipinski definition) is 4. The molecule has 0 aliphatic rings. The van der Waals surface area contributed by atoms with Crippen LogP contribution in [0, 0.1) is 5.92 Å². The Balaban J connectivity index is 1.74. The van der Waals surface area contributed by atoms with E-state index in [2.05, 4.69) is 32.3 Å². The quantitative estimate of drug-likeness (QED) is 0.614. The molecule has 140 valence electrons. The van der Waals surface area contributed by atoms with Gasteiger partial charge in [0.05, 0.1) is 12.6 Å². The highest BCUT2D eigenvalue weighted by atomic mass is 16.2. The van der Waals surface area contributed by atoms with Crippen LogP contribution in [0.15, 0.2) is 42.7 Å². The third-order valence-corrected chi connectivity index (χ3v) is 4.11. The highest BCUT2D eigenvalue weighted by Gasteiger charge is 2.17. The van der Waals surface area contributed by atoms with E-state index in [1.807, 2.05) is 38.2 Å². The van der Waals surface area contributed by atoms with Gasteiger partial charge in [-0.2, -0.15) is 0 Å². The second kappa shape index (κ2) is 9.72. The van der Waals surface area contributed by atoms with Gasteiger partial charge >= 0.3 is 0 Å². The van der Waals surface area contributed by atoms with E-state index < -0.39 is 6.04 Å². The summed E-state index contributed by atoms with van der Waals surface area (Å²) in [5, 5.41) is 5.34. The van der Waals surface area contributed by atoms with Gasteiger partial charge in [-0.25, -0.2) is 4.98 Å². The molecule has 0 radical (unpaired) electrons. The summed E-state index contributed by atoms with van der Waals surface area (Å²) in [6, 6.07) is 9.53. The van der Waals surface area contributed by atoms with Gasteiger partial charge in [0, 0.05) is 31.9 Å². The van der Waals surface area contributed by atoms with Crippen LogP contribution in [0.3, 0.4) is 0 Å². The van der Waals surface area contributed by atoms with E-state index in [-0.39, 0.29) is 24.3 Å². The number of aromatic nitrogens is 2. The summed E-state index contributed by atoms with van der Waals surface area (Å²) in [4.78, 5) is 27.9. The van der Waals surface area contributed by atoms with Crippen molar-refractivity contribution >= 4 is 11.8 Å². The minimum absolute atomic E-state index is 0.0292. The van der Waals surface area contributed by atoms with Gasteiger partial charge in [0.15, 0.2) is 0 Å². The number of hydrogen-bond donors (Lipinski definition) is 3. The summed E-state index contributed by atoms with van der Waals surface area (Å²) in [7, 11) is 0. The van der Waals surface area contributed by atoms with Gasteiger partial charge in [0.25, 0.3) is 0 Å². The number of carbonyl (C=O) groups is 2. The first kappa shape index (κ1) is 19.7. The fourth-order valence-corrected chi connectivity index (χ4v) is 2.46. The predicted molar refractivity (Wildman–Crippen MR) is 100 cm³/mol. The van der Waals surface area contributed by atoms with Crippen LogP contribution in [0.5, 0.6) is 0 Å². The van der Waals surface area contributed by atoms with Crippen LogP contribution < -0.4 is 16.4 Å². The zero-order valence-electron chi connectivity index (χ0n) is 15.3. The monoisotopic (exact) mass is 357 g/mol. The minimum atomic E-state index is -0.603. The van der Waals surface area contributed by atoms with E-state index in [4.69, 9.17) is 5.73 Å². The Morgan fingerprint density at radius 3 is 2.62 bits per heavy atom. The average Bonchev–Trinajstić information content (AvgIpc) is 3.06. The molecule has 0 aliphatic heterocycles. The summed E-state index contributed by atoms with van der Waals surface area (Å²) in [5.41, 5.74) is 6.93. The van der Waals surface area contributed by atoms with E-state index in [1.165, 1.54) is 5.56 Å². The zero-order chi connectivity index (χ0) is 18.9. The first-order valence-corrected chi connectivity index (χ1v) is 8.81. The van der Waals surface area contributed by atoms with Crippen LogP contribution in [-0.2, 0) is 22.6 Å². The van der Waals surface area contributed by atoms with Gasteiger partial charge in [-0.3, -0.25) is 9.59 Å². The van der Waals surface area contributed by atoms with Gasteiger partial charge in [0.1, 0.15) is 5.82 Å². The van der Waals surface area contributed by atoms with E-state index in [0.717, 1.165) is 12.4 Å². The molecule has 0 saturated carbocycles. The molecule has 1 atom stereocenters. The molecule has 2 amide bonds. The fraction of sp³-hybridized carbons (Fsp3) is 0.421. The van der Waals surface area contributed by atoms with Crippen molar-refractivity contribution in [3.63, 3.8) is 0 Å². The minimum Gasteiger partial charge on any atom is -0.354 e. The fourth-order valence-electron chi connectivity index (χ4n) is 2.46. The van der Waals surface area contributed by atoms with Gasteiger partial charge < -0.3 is 20.9 Å². The lowest BCUT2D eigenvalue weighted by molar-refractivity contribution is -0.127. The lowest BCUT2D eigenvalue weighted by Crippen LogP contribution is -2.47. The molecule has 0 unspecified atom stereocenters. The predicted octanol–water partition coefficient (Wildman–Crippen LogP) is 0.690. The van der Waals surface area contributed by atoms with Gasteiger partial charge in [-0.15, -0.1) is 0 Å². The van der Waals surface area contributed by atoms with Crippen LogP contribution >= 0.6 is 0 Å². The molecule has 0 spiro atoms. The number of nitrogens with one attached hydrogen (secondary N) is 2. The second-order valence-corrected chi connectivity index (χ2v) is 6.54. The molecular weight excluding hydrogens is 330 g/mol. The Labute approximate surface area is 154 Å². The maximum atomic E-state index is 11.9. The Morgan fingerprint density at radius 2 is 1.92 bits per heavy atom. The van der Waals surface area contributed by atoms with Crippen molar-refractivity contribution in [1.82, 2.24) is 20.2 Å². The molecule has 0 saturated heterocycles. The molecule has 1 aromatic heterocycles. The first-order valence-electron chi connectivity index (χ1n) is 8.81. The summed E-state index contributed by atoms with van der Waals surface area (Å²) < 4.78 is 2.06. The Kier molecular flexibility index (Phi) is 7.35. The van der Waals surface area contributed by atoms with E-state index in [0.29, 0.717) is 13.0 Å². The van der Waals surface area contributed by atoms with Crippen molar-refractivity contribution in [2.75, 3.05) is 13.1 Å². The average molecular weight is 357 g/mol. The van der Waals surface area contributed by atoms with Crippen LogP contribution in [0.25, 0.3) is 0 Å². The molecule has 7 heteroatoms. The highest BCUT2D eigenvalue weighted by molar-refractivity contribution is 5.87.